The van der Waals surface area contributed by atoms with E-state index < -0.39 is 0 Å². The molecule has 2 rings (SSSR count). The molecule has 0 N–H and O–H groups in total. The van der Waals surface area contributed by atoms with E-state index in [9.17, 15) is 0 Å². The molecule has 0 bridgehead atoms. The third-order valence-corrected chi connectivity index (χ3v) is 2.43. The minimum absolute atomic E-state index is 0.0895. The fourth-order valence-electron chi connectivity index (χ4n) is 1.72. The van der Waals surface area contributed by atoms with E-state index in [1.807, 2.05) is 18.2 Å². The lowest BCUT2D eigenvalue weighted by Crippen LogP contribution is -2.01. The monoisotopic (exact) mass is 194 g/mol. The Morgan fingerprint density at radius 3 is 3.00 bits per heavy atom. The van der Waals surface area contributed by atoms with Crippen LogP contribution in [0.25, 0.3) is 0 Å². The fraction of sp³-hybridized carbons (Fsp3) is 0.455. The predicted octanol–water partition coefficient (Wildman–Crippen LogP) is 2.51. The van der Waals surface area contributed by atoms with Gasteiger partial charge in [0.15, 0.2) is 11.5 Å². The van der Waals surface area contributed by atoms with Crippen LogP contribution in [0.1, 0.15) is 25.0 Å². The molecule has 1 heterocycles. The van der Waals surface area contributed by atoms with Crippen molar-refractivity contribution >= 4 is 0 Å². The minimum Gasteiger partial charge on any atom is -0.454 e. The van der Waals surface area contributed by atoms with Gasteiger partial charge in [-0.05, 0) is 12.5 Å². The minimum atomic E-state index is 0.0895. The van der Waals surface area contributed by atoms with Gasteiger partial charge < -0.3 is 14.2 Å². The van der Waals surface area contributed by atoms with E-state index in [1.165, 1.54) is 0 Å². The molecule has 1 aromatic rings. The van der Waals surface area contributed by atoms with E-state index in [0.29, 0.717) is 6.79 Å². The zero-order valence-corrected chi connectivity index (χ0v) is 8.45. The summed E-state index contributed by atoms with van der Waals surface area (Å²) in [5.74, 6) is 1.65. The molecule has 1 atom stereocenters. The number of methoxy groups -OCH3 is 1. The molecule has 14 heavy (non-hydrogen) atoms. The van der Waals surface area contributed by atoms with Crippen molar-refractivity contribution in [2.45, 2.75) is 19.4 Å². The standard InChI is InChI=1S/C11H14O3/c1-3-9(12-2)8-5-4-6-10-11(8)14-7-13-10/h4-6,9H,3,7H2,1-2H3. The molecule has 0 spiro atoms. The van der Waals surface area contributed by atoms with Gasteiger partial charge in [0, 0.05) is 12.7 Å². The van der Waals surface area contributed by atoms with Crippen LogP contribution in [0.15, 0.2) is 18.2 Å². The summed E-state index contributed by atoms with van der Waals surface area (Å²) in [5, 5.41) is 0. The second-order valence-corrected chi connectivity index (χ2v) is 3.21. The van der Waals surface area contributed by atoms with E-state index in [-0.39, 0.29) is 6.10 Å². The van der Waals surface area contributed by atoms with Crippen molar-refractivity contribution in [1.29, 1.82) is 0 Å². The number of benzene rings is 1. The van der Waals surface area contributed by atoms with Crippen LogP contribution >= 0.6 is 0 Å². The van der Waals surface area contributed by atoms with Gasteiger partial charge in [0.05, 0.1) is 6.10 Å². The maximum Gasteiger partial charge on any atom is 0.231 e. The highest BCUT2D eigenvalue weighted by Gasteiger charge is 2.21. The van der Waals surface area contributed by atoms with Crippen LogP contribution in [0.4, 0.5) is 0 Å². The van der Waals surface area contributed by atoms with E-state index in [2.05, 4.69) is 6.92 Å². The number of para-hydroxylation sites is 1. The first-order valence-electron chi connectivity index (χ1n) is 4.78. The molecule has 0 saturated heterocycles. The molecular weight excluding hydrogens is 180 g/mol. The largest absolute Gasteiger partial charge is 0.454 e. The quantitative estimate of drug-likeness (QED) is 0.740. The molecule has 1 unspecified atom stereocenters. The lowest BCUT2D eigenvalue weighted by Gasteiger charge is -2.14. The lowest BCUT2D eigenvalue weighted by atomic mass is 10.1. The van der Waals surface area contributed by atoms with Gasteiger partial charge in [0.1, 0.15) is 0 Å². The Morgan fingerprint density at radius 2 is 2.29 bits per heavy atom. The zero-order chi connectivity index (χ0) is 9.97. The third kappa shape index (κ3) is 1.44. The van der Waals surface area contributed by atoms with Crippen LogP contribution in [-0.4, -0.2) is 13.9 Å². The maximum absolute atomic E-state index is 5.41. The Kier molecular flexibility index (Phi) is 2.59. The van der Waals surface area contributed by atoms with Crippen LogP contribution in [0.2, 0.25) is 0 Å². The summed E-state index contributed by atoms with van der Waals surface area (Å²) in [6, 6.07) is 5.89. The van der Waals surface area contributed by atoms with Gasteiger partial charge in [-0.1, -0.05) is 19.1 Å². The summed E-state index contributed by atoms with van der Waals surface area (Å²) in [5.41, 5.74) is 1.07. The van der Waals surface area contributed by atoms with Gasteiger partial charge in [-0.2, -0.15) is 0 Å². The molecule has 3 heteroatoms. The van der Waals surface area contributed by atoms with Gasteiger partial charge in [0.25, 0.3) is 0 Å². The Bertz CT molecular complexity index is 318. The number of fused-ring (bicyclic) bond motifs is 1. The van der Waals surface area contributed by atoms with Crippen molar-refractivity contribution in [3.63, 3.8) is 0 Å². The third-order valence-electron chi connectivity index (χ3n) is 2.43. The van der Waals surface area contributed by atoms with Gasteiger partial charge >= 0.3 is 0 Å². The summed E-state index contributed by atoms with van der Waals surface area (Å²) >= 11 is 0. The van der Waals surface area contributed by atoms with Crippen molar-refractivity contribution in [3.8, 4) is 11.5 Å². The Labute approximate surface area is 83.6 Å². The molecule has 1 aliphatic heterocycles. The first-order chi connectivity index (χ1) is 6.86. The highest BCUT2D eigenvalue weighted by Crippen LogP contribution is 2.40. The topological polar surface area (TPSA) is 27.7 Å². The number of hydrogen-bond donors (Lipinski definition) is 0. The number of rotatable bonds is 3. The molecule has 1 aromatic carbocycles. The van der Waals surface area contributed by atoms with Crippen LogP contribution in [-0.2, 0) is 4.74 Å². The number of ether oxygens (including phenoxy) is 3. The van der Waals surface area contributed by atoms with Gasteiger partial charge in [-0.15, -0.1) is 0 Å². The molecule has 0 amide bonds. The van der Waals surface area contributed by atoms with Gasteiger partial charge in [-0.3, -0.25) is 0 Å². The fourth-order valence-corrected chi connectivity index (χ4v) is 1.72. The molecule has 0 fully saturated rings. The lowest BCUT2D eigenvalue weighted by molar-refractivity contribution is 0.0960. The van der Waals surface area contributed by atoms with E-state index in [0.717, 1.165) is 23.5 Å². The van der Waals surface area contributed by atoms with E-state index >= 15 is 0 Å². The molecule has 3 nitrogen and oxygen atoms in total. The summed E-state index contributed by atoms with van der Waals surface area (Å²) in [6.45, 7) is 2.40. The highest BCUT2D eigenvalue weighted by molar-refractivity contribution is 5.49. The average Bonchev–Trinajstić information content (AvgIpc) is 2.68. The molecule has 0 radical (unpaired) electrons. The van der Waals surface area contributed by atoms with Crippen LogP contribution in [0.5, 0.6) is 11.5 Å². The molecule has 76 valence electrons. The number of hydrogen-bond acceptors (Lipinski definition) is 3. The molecular formula is C11H14O3. The van der Waals surface area contributed by atoms with E-state index in [4.69, 9.17) is 14.2 Å². The second kappa shape index (κ2) is 3.88. The second-order valence-electron chi connectivity index (χ2n) is 3.21. The maximum atomic E-state index is 5.41. The summed E-state index contributed by atoms with van der Waals surface area (Å²) < 4.78 is 16.1. The van der Waals surface area contributed by atoms with Gasteiger partial charge in [-0.25, -0.2) is 0 Å². The molecule has 0 saturated carbocycles. The predicted molar refractivity (Wildman–Crippen MR) is 52.6 cm³/mol. The first-order valence-corrected chi connectivity index (χ1v) is 4.78. The Hall–Kier alpha value is -1.22. The highest BCUT2D eigenvalue weighted by atomic mass is 16.7. The van der Waals surface area contributed by atoms with Crippen LogP contribution in [0.3, 0.4) is 0 Å². The van der Waals surface area contributed by atoms with Gasteiger partial charge in [0.2, 0.25) is 6.79 Å². The van der Waals surface area contributed by atoms with Crippen LogP contribution in [0, 0.1) is 0 Å². The molecule has 1 aliphatic rings. The van der Waals surface area contributed by atoms with Crippen molar-refractivity contribution in [1.82, 2.24) is 0 Å². The van der Waals surface area contributed by atoms with Crippen LogP contribution < -0.4 is 9.47 Å². The van der Waals surface area contributed by atoms with Crippen molar-refractivity contribution in [3.05, 3.63) is 23.8 Å². The smallest absolute Gasteiger partial charge is 0.231 e. The van der Waals surface area contributed by atoms with Crippen molar-refractivity contribution in [2.75, 3.05) is 13.9 Å². The zero-order valence-electron chi connectivity index (χ0n) is 8.45. The van der Waals surface area contributed by atoms with Crippen molar-refractivity contribution in [2.24, 2.45) is 0 Å². The summed E-state index contributed by atoms with van der Waals surface area (Å²) in [7, 11) is 1.71. The molecule has 0 aromatic heterocycles. The average molecular weight is 194 g/mol. The first kappa shape index (κ1) is 9.34. The Morgan fingerprint density at radius 1 is 1.43 bits per heavy atom. The summed E-state index contributed by atoms with van der Waals surface area (Å²) in [6.07, 6.45) is 1.02. The molecule has 0 aliphatic carbocycles. The SMILES string of the molecule is CCC(OC)c1cccc2c1OCO2. The normalized spacial score (nSPS) is 15.6. The Balaban J connectivity index is 2.38. The van der Waals surface area contributed by atoms with Crippen molar-refractivity contribution < 1.29 is 14.2 Å². The van der Waals surface area contributed by atoms with E-state index in [1.54, 1.807) is 7.11 Å². The summed E-state index contributed by atoms with van der Waals surface area (Å²) in [4.78, 5) is 0.